The summed E-state index contributed by atoms with van der Waals surface area (Å²) in [5.41, 5.74) is 1.54. The maximum Gasteiger partial charge on any atom is 0.292 e. The van der Waals surface area contributed by atoms with Crippen molar-refractivity contribution in [2.45, 2.75) is 38.3 Å². The van der Waals surface area contributed by atoms with E-state index in [0.717, 1.165) is 12.0 Å². The highest BCUT2D eigenvalue weighted by atomic mass is 35.5. The first-order chi connectivity index (χ1) is 9.56. The van der Waals surface area contributed by atoms with Gasteiger partial charge >= 0.3 is 0 Å². The number of nitro groups is 1. The normalized spacial score (nSPS) is 22.9. The van der Waals surface area contributed by atoms with E-state index in [1.807, 2.05) is 13.0 Å². The molecule has 0 radical (unpaired) electrons. The maximum absolute atomic E-state index is 11.3. The van der Waals surface area contributed by atoms with Crippen molar-refractivity contribution in [3.05, 3.63) is 33.9 Å². The van der Waals surface area contributed by atoms with E-state index in [0.29, 0.717) is 18.8 Å². The predicted octanol–water partition coefficient (Wildman–Crippen LogP) is 3.34. The molecular formula is C14H19ClN2O3. The van der Waals surface area contributed by atoms with Gasteiger partial charge in [-0.2, -0.15) is 0 Å². The number of hydrogen-bond donors (Lipinski definition) is 0. The Hall–Kier alpha value is -1.33. The molecule has 110 valence electrons. The highest BCUT2D eigenvalue weighted by Gasteiger charge is 2.30. The lowest BCUT2D eigenvalue weighted by Crippen LogP contribution is -2.48. The number of hydrogen-bond acceptors (Lipinski definition) is 4. The molecule has 2 rings (SSSR count). The van der Waals surface area contributed by atoms with Crippen LogP contribution in [0, 0.1) is 10.1 Å². The van der Waals surface area contributed by atoms with Crippen molar-refractivity contribution in [3.63, 3.8) is 0 Å². The van der Waals surface area contributed by atoms with Crippen LogP contribution in [0.5, 0.6) is 0 Å². The van der Waals surface area contributed by atoms with Gasteiger partial charge in [0.25, 0.3) is 5.69 Å². The molecule has 1 aliphatic heterocycles. The fraction of sp³-hybridized carbons (Fsp3) is 0.571. The topological polar surface area (TPSA) is 55.6 Å². The minimum Gasteiger partial charge on any atom is -0.375 e. The molecule has 0 N–H and O–H groups in total. The van der Waals surface area contributed by atoms with Gasteiger partial charge in [0.15, 0.2) is 0 Å². The molecule has 0 aromatic heterocycles. The second-order valence-corrected chi connectivity index (χ2v) is 5.34. The summed E-state index contributed by atoms with van der Waals surface area (Å²) in [5, 5.41) is 11.3. The SMILES string of the molecule is CCC1COC(C)CN1c1ccc(CCl)cc1[N+](=O)[O-]. The fourth-order valence-electron chi connectivity index (χ4n) is 2.52. The van der Waals surface area contributed by atoms with E-state index in [2.05, 4.69) is 11.8 Å². The van der Waals surface area contributed by atoms with Gasteiger partial charge in [-0.15, -0.1) is 11.6 Å². The van der Waals surface area contributed by atoms with Crippen LogP contribution in [0.3, 0.4) is 0 Å². The Kier molecular flexibility index (Phi) is 4.83. The number of benzene rings is 1. The summed E-state index contributed by atoms with van der Waals surface area (Å²) in [5.74, 6) is 0.276. The molecule has 6 heteroatoms. The van der Waals surface area contributed by atoms with Crippen LogP contribution in [-0.2, 0) is 10.6 Å². The van der Waals surface area contributed by atoms with Gasteiger partial charge in [-0.1, -0.05) is 13.0 Å². The first-order valence-electron chi connectivity index (χ1n) is 6.78. The number of rotatable bonds is 4. The van der Waals surface area contributed by atoms with Crippen molar-refractivity contribution in [2.24, 2.45) is 0 Å². The van der Waals surface area contributed by atoms with Crippen molar-refractivity contribution >= 4 is 23.0 Å². The number of morpholine rings is 1. The summed E-state index contributed by atoms with van der Waals surface area (Å²) in [6.45, 7) is 5.32. The summed E-state index contributed by atoms with van der Waals surface area (Å²) in [6.07, 6.45) is 0.964. The van der Waals surface area contributed by atoms with Crippen molar-refractivity contribution in [1.29, 1.82) is 0 Å². The van der Waals surface area contributed by atoms with Crippen LogP contribution in [0.25, 0.3) is 0 Å². The van der Waals surface area contributed by atoms with Gasteiger partial charge < -0.3 is 9.64 Å². The number of ether oxygens (including phenoxy) is 1. The van der Waals surface area contributed by atoms with Gasteiger partial charge in [-0.05, 0) is 25.0 Å². The minimum absolute atomic E-state index is 0.0742. The molecule has 2 atom stereocenters. The van der Waals surface area contributed by atoms with Gasteiger partial charge in [0.1, 0.15) is 5.69 Å². The molecule has 1 fully saturated rings. The zero-order valence-corrected chi connectivity index (χ0v) is 12.5. The molecule has 1 aromatic rings. The Morgan fingerprint density at radius 2 is 2.30 bits per heavy atom. The summed E-state index contributed by atoms with van der Waals surface area (Å²) in [6, 6.07) is 5.39. The number of anilines is 1. The Balaban J connectivity index is 2.41. The summed E-state index contributed by atoms with van der Waals surface area (Å²) >= 11 is 5.76. The van der Waals surface area contributed by atoms with E-state index in [9.17, 15) is 10.1 Å². The molecule has 2 unspecified atom stereocenters. The lowest BCUT2D eigenvalue weighted by molar-refractivity contribution is -0.384. The predicted molar refractivity (Wildman–Crippen MR) is 79.5 cm³/mol. The lowest BCUT2D eigenvalue weighted by atomic mass is 10.1. The molecule has 1 aliphatic rings. The molecule has 5 nitrogen and oxygen atoms in total. The van der Waals surface area contributed by atoms with Crippen molar-refractivity contribution in [3.8, 4) is 0 Å². The number of nitro benzene ring substituents is 1. The molecule has 0 saturated carbocycles. The van der Waals surface area contributed by atoms with Crippen LogP contribution in [-0.4, -0.2) is 30.2 Å². The molecule has 0 bridgehead atoms. The largest absolute Gasteiger partial charge is 0.375 e. The second kappa shape index (κ2) is 6.41. The molecule has 1 heterocycles. The number of alkyl halides is 1. The summed E-state index contributed by atoms with van der Waals surface area (Å²) in [4.78, 5) is 13.1. The fourth-order valence-corrected chi connectivity index (χ4v) is 2.68. The average Bonchev–Trinajstić information content (AvgIpc) is 2.46. The molecule has 0 aliphatic carbocycles. The van der Waals surface area contributed by atoms with E-state index >= 15 is 0 Å². The van der Waals surface area contributed by atoms with Gasteiger partial charge in [0.05, 0.1) is 23.7 Å². The minimum atomic E-state index is -0.335. The Morgan fingerprint density at radius 1 is 1.55 bits per heavy atom. The molecular weight excluding hydrogens is 280 g/mol. The third-order valence-corrected chi connectivity index (χ3v) is 3.95. The summed E-state index contributed by atoms with van der Waals surface area (Å²) in [7, 11) is 0. The van der Waals surface area contributed by atoms with E-state index in [-0.39, 0.29) is 28.6 Å². The van der Waals surface area contributed by atoms with E-state index < -0.39 is 0 Å². The van der Waals surface area contributed by atoms with Crippen molar-refractivity contribution in [1.82, 2.24) is 0 Å². The quantitative estimate of drug-likeness (QED) is 0.486. The lowest BCUT2D eigenvalue weighted by Gasteiger charge is -2.39. The second-order valence-electron chi connectivity index (χ2n) is 5.07. The van der Waals surface area contributed by atoms with Gasteiger partial charge in [0.2, 0.25) is 0 Å². The Labute approximate surface area is 123 Å². The van der Waals surface area contributed by atoms with Gasteiger partial charge in [-0.3, -0.25) is 10.1 Å². The van der Waals surface area contributed by atoms with Crippen LogP contribution in [0.15, 0.2) is 18.2 Å². The number of nitrogens with zero attached hydrogens (tertiary/aromatic N) is 2. The maximum atomic E-state index is 11.3. The van der Waals surface area contributed by atoms with Crippen LogP contribution in [0.1, 0.15) is 25.8 Å². The highest BCUT2D eigenvalue weighted by molar-refractivity contribution is 6.17. The average molecular weight is 299 g/mol. The Bertz CT molecular complexity index is 495. The standard InChI is InChI=1S/C14H19ClN2O3/c1-3-12-9-20-10(2)8-16(12)13-5-4-11(7-15)6-14(13)17(18)19/h4-6,10,12H,3,7-9H2,1-2H3. The van der Waals surface area contributed by atoms with Crippen LogP contribution >= 0.6 is 11.6 Å². The third kappa shape index (κ3) is 3.04. The first-order valence-corrected chi connectivity index (χ1v) is 7.31. The van der Waals surface area contributed by atoms with Crippen LogP contribution < -0.4 is 4.90 Å². The zero-order valence-electron chi connectivity index (χ0n) is 11.7. The first kappa shape index (κ1) is 15.1. The van der Waals surface area contributed by atoms with Gasteiger partial charge in [0, 0.05) is 18.5 Å². The molecule has 1 aromatic carbocycles. The van der Waals surface area contributed by atoms with Crippen molar-refractivity contribution in [2.75, 3.05) is 18.1 Å². The molecule has 1 saturated heterocycles. The van der Waals surface area contributed by atoms with E-state index in [1.54, 1.807) is 12.1 Å². The monoisotopic (exact) mass is 298 g/mol. The number of halogens is 1. The van der Waals surface area contributed by atoms with Crippen LogP contribution in [0.4, 0.5) is 11.4 Å². The molecule has 0 spiro atoms. The zero-order chi connectivity index (χ0) is 14.7. The van der Waals surface area contributed by atoms with Crippen molar-refractivity contribution < 1.29 is 9.66 Å². The summed E-state index contributed by atoms with van der Waals surface area (Å²) < 4.78 is 5.65. The van der Waals surface area contributed by atoms with E-state index in [4.69, 9.17) is 16.3 Å². The van der Waals surface area contributed by atoms with E-state index in [1.165, 1.54) is 0 Å². The highest BCUT2D eigenvalue weighted by Crippen LogP contribution is 2.33. The third-order valence-electron chi connectivity index (χ3n) is 3.64. The Morgan fingerprint density at radius 3 is 2.90 bits per heavy atom. The smallest absolute Gasteiger partial charge is 0.292 e. The molecule has 20 heavy (non-hydrogen) atoms. The van der Waals surface area contributed by atoms with Gasteiger partial charge in [-0.25, -0.2) is 0 Å². The van der Waals surface area contributed by atoms with Crippen LogP contribution in [0.2, 0.25) is 0 Å². The molecule has 0 amide bonds.